The largest absolute Gasteiger partial charge is 0.340 e. The number of rotatable bonds is 5. The van der Waals surface area contributed by atoms with Gasteiger partial charge in [0.1, 0.15) is 23.2 Å². The number of hydrogen-bond acceptors (Lipinski definition) is 6. The molecule has 0 saturated carbocycles. The van der Waals surface area contributed by atoms with E-state index in [-0.39, 0.29) is 16.9 Å². The monoisotopic (exact) mass is 455 g/mol. The van der Waals surface area contributed by atoms with Gasteiger partial charge < -0.3 is 15.6 Å². The van der Waals surface area contributed by atoms with E-state index < -0.39 is 17.3 Å². The molecule has 168 valence electrons. The molecule has 0 atom stereocenters. The van der Waals surface area contributed by atoms with Crippen molar-refractivity contribution in [2.45, 2.75) is 6.92 Å². The first-order valence-electron chi connectivity index (χ1n) is 10.3. The average Bonchev–Trinajstić information content (AvgIpc) is 3.31. The number of carbonyl (C=O) groups excluding carboxylic acids is 1. The van der Waals surface area contributed by atoms with Gasteiger partial charge in [0.25, 0.3) is 11.5 Å². The van der Waals surface area contributed by atoms with Crippen LogP contribution < -0.4 is 16.2 Å². The van der Waals surface area contributed by atoms with Gasteiger partial charge in [-0.15, -0.1) is 0 Å². The summed E-state index contributed by atoms with van der Waals surface area (Å²) in [5.74, 6) is -0.893. The van der Waals surface area contributed by atoms with Crippen molar-refractivity contribution in [3.8, 4) is 5.69 Å². The molecule has 3 heterocycles. The van der Waals surface area contributed by atoms with E-state index in [1.165, 1.54) is 35.4 Å². The molecular weight excluding hydrogens is 437 g/mol. The number of hydrogen-bond donors (Lipinski definition) is 3. The minimum atomic E-state index is -0.637. The number of aryl methyl sites for hydroxylation is 1. The topological polar surface area (TPSA) is 118 Å². The van der Waals surface area contributed by atoms with Gasteiger partial charge in [-0.2, -0.15) is 0 Å². The van der Waals surface area contributed by atoms with Gasteiger partial charge in [-0.1, -0.05) is 12.1 Å². The van der Waals surface area contributed by atoms with Crippen LogP contribution in [0.4, 0.5) is 21.6 Å². The number of H-pyrrole nitrogens is 1. The third-order valence-corrected chi connectivity index (χ3v) is 5.17. The van der Waals surface area contributed by atoms with E-state index in [0.29, 0.717) is 22.7 Å². The fourth-order valence-electron chi connectivity index (χ4n) is 3.53. The fraction of sp³-hybridized carbons (Fsp3) is 0.0417. The highest BCUT2D eigenvalue weighted by Gasteiger charge is 2.15. The van der Waals surface area contributed by atoms with Crippen molar-refractivity contribution >= 4 is 34.3 Å². The molecule has 0 saturated heterocycles. The summed E-state index contributed by atoms with van der Waals surface area (Å²) in [4.78, 5) is 40.8. The first kappa shape index (κ1) is 21.0. The number of amides is 1. The molecule has 0 aliphatic heterocycles. The van der Waals surface area contributed by atoms with Crippen molar-refractivity contribution in [1.82, 2.24) is 24.5 Å². The zero-order valence-corrected chi connectivity index (χ0v) is 17.9. The third kappa shape index (κ3) is 3.99. The van der Waals surface area contributed by atoms with Gasteiger partial charge in [0.05, 0.1) is 12.0 Å². The van der Waals surface area contributed by atoms with E-state index in [2.05, 4.69) is 30.6 Å². The number of fused-ring (bicyclic) bond motifs is 1. The van der Waals surface area contributed by atoms with Crippen LogP contribution in [0.15, 0.2) is 78.2 Å². The standard InChI is InChI=1S/C24H18FN7O2/c1-14-4-2-5-16(10-14)32-9-3-6-17(24(32)34)23(33)30-15-7-8-19(18(25)11-15)31-22-20-21(27-12-26-20)28-13-29-22/h2-13H,1H3,(H,30,33)(H2,26,27,28,29,31). The number of pyridine rings is 1. The highest BCUT2D eigenvalue weighted by Crippen LogP contribution is 2.25. The number of nitrogens with zero attached hydrogens (tertiary/aromatic N) is 4. The molecule has 3 N–H and O–H groups in total. The Morgan fingerprint density at radius 1 is 1.06 bits per heavy atom. The van der Waals surface area contributed by atoms with Gasteiger partial charge in [-0.25, -0.2) is 19.3 Å². The van der Waals surface area contributed by atoms with Gasteiger partial charge in [0.15, 0.2) is 11.5 Å². The number of aromatic amines is 1. The summed E-state index contributed by atoms with van der Waals surface area (Å²) in [6, 6.07) is 14.6. The number of carbonyl (C=O) groups is 1. The molecule has 5 rings (SSSR count). The smallest absolute Gasteiger partial charge is 0.267 e. The van der Waals surface area contributed by atoms with Crippen LogP contribution in [0.5, 0.6) is 0 Å². The van der Waals surface area contributed by atoms with Crippen LogP contribution in [-0.2, 0) is 0 Å². The quantitative estimate of drug-likeness (QED) is 0.369. The summed E-state index contributed by atoms with van der Waals surface area (Å²) < 4.78 is 16.2. The van der Waals surface area contributed by atoms with Crippen molar-refractivity contribution < 1.29 is 9.18 Å². The van der Waals surface area contributed by atoms with Crippen LogP contribution in [0.1, 0.15) is 15.9 Å². The zero-order valence-electron chi connectivity index (χ0n) is 17.9. The maximum Gasteiger partial charge on any atom is 0.267 e. The fourth-order valence-corrected chi connectivity index (χ4v) is 3.53. The number of anilines is 3. The molecule has 9 nitrogen and oxygen atoms in total. The van der Waals surface area contributed by atoms with E-state index >= 15 is 0 Å². The summed E-state index contributed by atoms with van der Waals surface area (Å²) >= 11 is 0. The Hall–Kier alpha value is -4.86. The molecule has 0 bridgehead atoms. The molecular formula is C24H18FN7O2. The number of benzene rings is 2. The molecule has 0 fully saturated rings. The van der Waals surface area contributed by atoms with Gasteiger partial charge in [-0.3, -0.25) is 14.2 Å². The molecule has 10 heteroatoms. The Bertz CT molecular complexity index is 1590. The molecule has 0 radical (unpaired) electrons. The molecule has 0 spiro atoms. The summed E-state index contributed by atoms with van der Waals surface area (Å²) in [5, 5.41) is 5.47. The van der Waals surface area contributed by atoms with Crippen molar-refractivity contribution in [2.75, 3.05) is 10.6 Å². The second-order valence-electron chi connectivity index (χ2n) is 7.53. The Morgan fingerprint density at radius 3 is 2.76 bits per heavy atom. The van der Waals surface area contributed by atoms with E-state index in [1.807, 2.05) is 25.1 Å². The first-order valence-corrected chi connectivity index (χ1v) is 10.3. The lowest BCUT2D eigenvalue weighted by Gasteiger charge is -2.11. The predicted octanol–water partition coefficient (Wildman–Crippen LogP) is 3.95. The molecule has 34 heavy (non-hydrogen) atoms. The van der Waals surface area contributed by atoms with E-state index in [0.717, 1.165) is 11.6 Å². The van der Waals surface area contributed by atoms with Crippen LogP contribution in [0.25, 0.3) is 16.9 Å². The van der Waals surface area contributed by atoms with Gasteiger partial charge in [0, 0.05) is 17.6 Å². The summed E-state index contributed by atoms with van der Waals surface area (Å²) in [7, 11) is 0. The average molecular weight is 455 g/mol. The molecule has 0 unspecified atom stereocenters. The number of imidazole rings is 1. The Balaban J connectivity index is 1.37. The van der Waals surface area contributed by atoms with Crippen molar-refractivity contribution in [3.63, 3.8) is 0 Å². The second-order valence-corrected chi connectivity index (χ2v) is 7.53. The lowest BCUT2D eigenvalue weighted by Crippen LogP contribution is -2.27. The Morgan fingerprint density at radius 2 is 1.94 bits per heavy atom. The minimum absolute atomic E-state index is 0.0609. The normalized spacial score (nSPS) is 10.9. The second kappa shape index (κ2) is 8.58. The van der Waals surface area contributed by atoms with Crippen molar-refractivity contribution in [1.29, 1.82) is 0 Å². The highest BCUT2D eigenvalue weighted by molar-refractivity contribution is 6.04. The Labute approximate surface area is 192 Å². The van der Waals surface area contributed by atoms with Crippen LogP contribution in [0, 0.1) is 12.7 Å². The molecule has 3 aromatic heterocycles. The Kier molecular flexibility index (Phi) is 5.30. The van der Waals surface area contributed by atoms with Crippen LogP contribution >= 0.6 is 0 Å². The van der Waals surface area contributed by atoms with Gasteiger partial charge in [0.2, 0.25) is 0 Å². The predicted molar refractivity (Wildman–Crippen MR) is 126 cm³/mol. The maximum atomic E-state index is 14.8. The van der Waals surface area contributed by atoms with Crippen molar-refractivity contribution in [3.05, 3.63) is 101 Å². The van der Waals surface area contributed by atoms with E-state index in [4.69, 9.17) is 0 Å². The summed E-state index contributed by atoms with van der Waals surface area (Å²) in [5.41, 5.74) is 2.43. The van der Waals surface area contributed by atoms with Crippen LogP contribution in [-0.4, -0.2) is 30.4 Å². The highest BCUT2D eigenvalue weighted by atomic mass is 19.1. The molecule has 5 aromatic rings. The molecule has 0 aliphatic rings. The van der Waals surface area contributed by atoms with Crippen molar-refractivity contribution in [2.24, 2.45) is 0 Å². The summed E-state index contributed by atoms with van der Waals surface area (Å²) in [6.07, 6.45) is 4.38. The minimum Gasteiger partial charge on any atom is -0.340 e. The van der Waals surface area contributed by atoms with Gasteiger partial charge >= 0.3 is 0 Å². The van der Waals surface area contributed by atoms with E-state index in [9.17, 15) is 14.0 Å². The first-order chi connectivity index (χ1) is 16.5. The summed E-state index contributed by atoms with van der Waals surface area (Å²) in [6.45, 7) is 1.92. The molecule has 0 aliphatic carbocycles. The molecule has 1 amide bonds. The zero-order chi connectivity index (χ0) is 23.7. The SMILES string of the molecule is Cc1cccc(-n2cccc(C(=O)Nc3ccc(Nc4ncnc5nc[nH]c45)c(F)c3)c2=O)c1. The third-order valence-electron chi connectivity index (χ3n) is 5.17. The lowest BCUT2D eigenvalue weighted by molar-refractivity contribution is 0.102. The van der Waals surface area contributed by atoms with E-state index in [1.54, 1.807) is 18.3 Å². The van der Waals surface area contributed by atoms with Crippen LogP contribution in [0.2, 0.25) is 0 Å². The van der Waals surface area contributed by atoms with Crippen LogP contribution in [0.3, 0.4) is 0 Å². The van der Waals surface area contributed by atoms with Gasteiger partial charge in [-0.05, 0) is 55.0 Å². The number of aromatic nitrogens is 5. The molecule has 2 aromatic carbocycles. The lowest BCUT2D eigenvalue weighted by atomic mass is 10.2. The maximum absolute atomic E-state index is 14.8. The number of nitrogens with one attached hydrogen (secondary N) is 3. The number of halogens is 1.